The first kappa shape index (κ1) is 20.6. The number of sulfonamides is 1. The van der Waals surface area contributed by atoms with Gasteiger partial charge in [0.25, 0.3) is 10.0 Å². The first-order chi connectivity index (χ1) is 13.1. The number of hydrogen-bond donors (Lipinski definition) is 1. The van der Waals surface area contributed by atoms with Crippen LogP contribution in [-0.2, 0) is 19.3 Å². The molecule has 10 heteroatoms. The molecule has 8 nitrogen and oxygen atoms in total. The van der Waals surface area contributed by atoms with E-state index in [1.807, 2.05) is 27.7 Å². The van der Waals surface area contributed by atoms with Gasteiger partial charge in [0, 0.05) is 24.1 Å². The number of nitrogens with one attached hydrogen (secondary N) is 1. The SMILES string of the molecule is CCOc1ncc(B2OC(C)(C)C(C)(C)O2)cc1NS(=O)(=O)c1cccnc1. The zero-order valence-electron chi connectivity index (χ0n) is 16.6. The zero-order chi connectivity index (χ0) is 20.6. The predicted molar refractivity (Wildman–Crippen MR) is 106 cm³/mol. The van der Waals surface area contributed by atoms with Crippen molar-refractivity contribution >= 4 is 28.3 Å². The second-order valence-corrected chi connectivity index (χ2v) is 9.12. The number of nitrogens with zero attached hydrogens (tertiary/aromatic N) is 2. The number of hydrogen-bond acceptors (Lipinski definition) is 7. The molecule has 1 aliphatic heterocycles. The maximum atomic E-state index is 12.7. The van der Waals surface area contributed by atoms with Gasteiger partial charge < -0.3 is 14.0 Å². The van der Waals surface area contributed by atoms with Gasteiger partial charge in [-0.3, -0.25) is 9.71 Å². The summed E-state index contributed by atoms with van der Waals surface area (Å²) in [5, 5.41) is 0. The van der Waals surface area contributed by atoms with Gasteiger partial charge in [-0.25, -0.2) is 13.4 Å². The Hall–Kier alpha value is -2.17. The number of ether oxygens (including phenoxy) is 1. The molecule has 2 aromatic rings. The molecule has 0 aliphatic carbocycles. The van der Waals surface area contributed by atoms with Gasteiger partial charge in [-0.1, -0.05) is 0 Å². The van der Waals surface area contributed by atoms with Gasteiger partial charge in [-0.2, -0.15) is 0 Å². The minimum absolute atomic E-state index is 0.0403. The van der Waals surface area contributed by atoms with Gasteiger partial charge in [0.15, 0.2) is 0 Å². The predicted octanol–water partition coefficient (Wildman–Crippen LogP) is 1.98. The molecule has 1 aliphatic rings. The lowest BCUT2D eigenvalue weighted by Crippen LogP contribution is -2.41. The van der Waals surface area contributed by atoms with E-state index in [2.05, 4.69) is 14.7 Å². The molecular weight excluding hydrogens is 381 g/mol. The van der Waals surface area contributed by atoms with Crippen molar-refractivity contribution in [3.8, 4) is 5.88 Å². The molecule has 0 aromatic carbocycles. The molecule has 0 saturated carbocycles. The minimum atomic E-state index is -3.85. The lowest BCUT2D eigenvalue weighted by molar-refractivity contribution is 0.00578. The number of rotatable bonds is 6. The van der Waals surface area contributed by atoms with Gasteiger partial charge in [0.2, 0.25) is 5.88 Å². The van der Waals surface area contributed by atoms with Crippen LogP contribution >= 0.6 is 0 Å². The standard InChI is InChI=1S/C18H24BN3O5S/c1-6-25-16-15(22-28(23,24)14-8-7-9-20-12-14)10-13(11-21-16)19-26-17(2,3)18(4,5)27-19/h7-12,22H,6H2,1-5H3. The van der Waals surface area contributed by atoms with E-state index in [0.29, 0.717) is 12.1 Å². The van der Waals surface area contributed by atoms with Crippen LogP contribution < -0.4 is 14.9 Å². The van der Waals surface area contributed by atoms with E-state index in [4.69, 9.17) is 14.0 Å². The van der Waals surface area contributed by atoms with E-state index < -0.39 is 28.3 Å². The number of anilines is 1. The summed E-state index contributed by atoms with van der Waals surface area (Å²) in [6.07, 6.45) is 4.34. The van der Waals surface area contributed by atoms with Gasteiger partial charge in [0.1, 0.15) is 10.6 Å². The average molecular weight is 405 g/mol. The fourth-order valence-electron chi connectivity index (χ4n) is 2.61. The van der Waals surface area contributed by atoms with Crippen LogP contribution in [0, 0.1) is 0 Å². The second-order valence-electron chi connectivity index (χ2n) is 7.44. The highest BCUT2D eigenvalue weighted by atomic mass is 32.2. The Morgan fingerprint density at radius 1 is 1.18 bits per heavy atom. The van der Waals surface area contributed by atoms with Crippen LogP contribution in [0.2, 0.25) is 0 Å². The lowest BCUT2D eigenvalue weighted by Gasteiger charge is -2.32. The van der Waals surface area contributed by atoms with Crippen molar-refractivity contribution in [3.63, 3.8) is 0 Å². The fourth-order valence-corrected chi connectivity index (χ4v) is 3.62. The fraction of sp³-hybridized carbons (Fsp3) is 0.444. The second kappa shape index (κ2) is 7.34. The highest BCUT2D eigenvalue weighted by Crippen LogP contribution is 2.37. The molecule has 0 atom stereocenters. The smallest absolute Gasteiger partial charge is 0.476 e. The third-order valence-corrected chi connectivity index (χ3v) is 6.22. The first-order valence-electron chi connectivity index (χ1n) is 8.97. The Morgan fingerprint density at radius 3 is 2.43 bits per heavy atom. The number of aromatic nitrogens is 2. The summed E-state index contributed by atoms with van der Waals surface area (Å²) in [5.41, 5.74) is -0.249. The molecule has 3 rings (SSSR count). The summed E-state index contributed by atoms with van der Waals surface area (Å²) in [7, 11) is -4.53. The summed E-state index contributed by atoms with van der Waals surface area (Å²) in [5.74, 6) is 0.176. The maximum absolute atomic E-state index is 12.7. The summed E-state index contributed by atoms with van der Waals surface area (Å²) in [6, 6.07) is 4.63. The van der Waals surface area contributed by atoms with E-state index in [1.54, 1.807) is 25.3 Å². The molecule has 2 aromatic heterocycles. The first-order valence-corrected chi connectivity index (χ1v) is 10.5. The molecule has 0 unspecified atom stereocenters. The van der Waals surface area contributed by atoms with Crippen molar-refractivity contribution in [1.82, 2.24) is 9.97 Å². The highest BCUT2D eigenvalue weighted by Gasteiger charge is 2.52. The van der Waals surface area contributed by atoms with Crippen LogP contribution in [0.25, 0.3) is 0 Å². The van der Waals surface area contributed by atoms with E-state index >= 15 is 0 Å². The molecule has 0 radical (unpaired) electrons. The Kier molecular flexibility index (Phi) is 5.39. The topological polar surface area (TPSA) is 99.6 Å². The Labute approximate surface area is 165 Å². The molecule has 1 N–H and O–H groups in total. The quantitative estimate of drug-likeness (QED) is 0.734. The molecule has 3 heterocycles. The summed E-state index contributed by atoms with van der Waals surface area (Å²) < 4.78 is 45.5. The third-order valence-electron chi connectivity index (χ3n) is 4.87. The molecule has 0 amide bonds. The van der Waals surface area contributed by atoms with Crippen molar-refractivity contribution in [1.29, 1.82) is 0 Å². The van der Waals surface area contributed by atoms with Gasteiger partial charge in [-0.05, 0) is 52.8 Å². The van der Waals surface area contributed by atoms with Crippen LogP contribution in [0.4, 0.5) is 5.69 Å². The zero-order valence-corrected chi connectivity index (χ0v) is 17.4. The van der Waals surface area contributed by atoms with Crippen molar-refractivity contribution < 1.29 is 22.5 Å². The molecule has 150 valence electrons. The largest absolute Gasteiger partial charge is 0.496 e. The van der Waals surface area contributed by atoms with Crippen molar-refractivity contribution in [2.45, 2.75) is 50.7 Å². The van der Waals surface area contributed by atoms with Crippen LogP contribution in [-0.4, -0.2) is 43.3 Å². The molecule has 28 heavy (non-hydrogen) atoms. The summed E-state index contributed by atoms with van der Waals surface area (Å²) in [4.78, 5) is 8.16. The maximum Gasteiger partial charge on any atom is 0.496 e. The van der Waals surface area contributed by atoms with Crippen molar-refractivity contribution in [2.24, 2.45) is 0 Å². The van der Waals surface area contributed by atoms with Crippen LogP contribution in [0.5, 0.6) is 5.88 Å². The van der Waals surface area contributed by atoms with Crippen LogP contribution in [0.3, 0.4) is 0 Å². The Bertz CT molecular complexity index is 935. The van der Waals surface area contributed by atoms with E-state index in [-0.39, 0.29) is 16.5 Å². The van der Waals surface area contributed by atoms with Crippen LogP contribution in [0.15, 0.2) is 41.7 Å². The monoisotopic (exact) mass is 405 g/mol. The van der Waals surface area contributed by atoms with Crippen molar-refractivity contribution in [2.75, 3.05) is 11.3 Å². The van der Waals surface area contributed by atoms with Gasteiger partial charge in [-0.15, -0.1) is 0 Å². The molecular formula is C18H24BN3O5S. The molecule has 1 saturated heterocycles. The minimum Gasteiger partial charge on any atom is -0.476 e. The van der Waals surface area contributed by atoms with E-state index in [0.717, 1.165) is 0 Å². The lowest BCUT2D eigenvalue weighted by atomic mass is 9.80. The normalized spacial score (nSPS) is 18.1. The summed E-state index contributed by atoms with van der Waals surface area (Å²) >= 11 is 0. The van der Waals surface area contributed by atoms with Gasteiger partial charge in [0.05, 0.1) is 17.8 Å². The average Bonchev–Trinajstić information content (AvgIpc) is 2.85. The Morgan fingerprint density at radius 2 is 1.86 bits per heavy atom. The molecule has 1 fully saturated rings. The highest BCUT2D eigenvalue weighted by molar-refractivity contribution is 7.92. The van der Waals surface area contributed by atoms with Gasteiger partial charge >= 0.3 is 7.12 Å². The molecule has 0 spiro atoms. The Balaban J connectivity index is 1.95. The van der Waals surface area contributed by atoms with E-state index in [1.165, 1.54) is 18.5 Å². The number of pyridine rings is 2. The summed E-state index contributed by atoms with van der Waals surface area (Å²) in [6.45, 7) is 9.91. The third kappa shape index (κ3) is 3.99. The van der Waals surface area contributed by atoms with Crippen LogP contribution in [0.1, 0.15) is 34.6 Å². The van der Waals surface area contributed by atoms with E-state index in [9.17, 15) is 8.42 Å². The molecule has 0 bridgehead atoms. The van der Waals surface area contributed by atoms with Crippen molar-refractivity contribution in [3.05, 3.63) is 36.8 Å².